The summed E-state index contributed by atoms with van der Waals surface area (Å²) >= 11 is 0. The van der Waals surface area contributed by atoms with Gasteiger partial charge in [0.15, 0.2) is 0 Å². The topological polar surface area (TPSA) is 38.6 Å². The molecular formula is C55H34N4. The van der Waals surface area contributed by atoms with E-state index in [4.69, 9.17) is 0 Å². The molecule has 4 heteroatoms. The third-order valence-electron chi connectivity index (χ3n) is 12.1. The first-order chi connectivity index (χ1) is 29.2. The number of nitrogens with zero attached hydrogens (tertiary/aromatic N) is 4. The van der Waals surface area contributed by atoms with E-state index < -0.39 is 0 Å². The fourth-order valence-corrected chi connectivity index (χ4v) is 9.36. The van der Waals surface area contributed by atoms with Crippen molar-refractivity contribution in [1.29, 1.82) is 5.26 Å². The van der Waals surface area contributed by atoms with E-state index in [1.807, 2.05) is 24.3 Å². The summed E-state index contributed by atoms with van der Waals surface area (Å²) in [7, 11) is 0. The quantitative estimate of drug-likeness (QED) is 0.173. The summed E-state index contributed by atoms with van der Waals surface area (Å²) in [5.41, 5.74) is 15.7. The van der Waals surface area contributed by atoms with Crippen LogP contribution in [-0.4, -0.2) is 13.7 Å². The molecule has 0 aliphatic heterocycles. The molecule has 0 radical (unpaired) electrons. The lowest BCUT2D eigenvalue weighted by Crippen LogP contribution is -1.94. The SMILES string of the molecule is N#Cc1ccc(-n2c3ccc(-c4ccc5c(c4)c4ccccc4n5-c4ccccc4)cc3c3cc(-c4ccc5c(c4)c4ccccc4n5-c4ccccc4)ccc32)cc1. The molecule has 0 spiro atoms. The van der Waals surface area contributed by atoms with Crippen molar-refractivity contribution >= 4 is 65.4 Å². The van der Waals surface area contributed by atoms with Crippen LogP contribution in [0.5, 0.6) is 0 Å². The summed E-state index contributed by atoms with van der Waals surface area (Å²) in [6.07, 6.45) is 0. The van der Waals surface area contributed by atoms with E-state index in [1.165, 1.54) is 65.5 Å². The Bertz CT molecular complexity index is 3440. The zero-order valence-electron chi connectivity index (χ0n) is 31.9. The van der Waals surface area contributed by atoms with Gasteiger partial charge < -0.3 is 13.7 Å². The Hall–Kier alpha value is -8.13. The molecule has 0 amide bonds. The molecule has 0 bridgehead atoms. The Morgan fingerprint density at radius 3 is 0.949 bits per heavy atom. The van der Waals surface area contributed by atoms with Crippen molar-refractivity contribution in [2.45, 2.75) is 0 Å². The maximum atomic E-state index is 9.59. The lowest BCUT2D eigenvalue weighted by molar-refractivity contribution is 1.18. The predicted molar refractivity (Wildman–Crippen MR) is 245 cm³/mol. The van der Waals surface area contributed by atoms with Crippen LogP contribution in [0, 0.1) is 11.3 Å². The third-order valence-corrected chi connectivity index (χ3v) is 12.1. The Labute approximate surface area is 340 Å². The molecule has 0 fully saturated rings. The van der Waals surface area contributed by atoms with Gasteiger partial charge in [-0.15, -0.1) is 0 Å². The van der Waals surface area contributed by atoms with E-state index in [0.717, 1.165) is 39.2 Å². The average molecular weight is 751 g/mol. The van der Waals surface area contributed by atoms with E-state index >= 15 is 0 Å². The van der Waals surface area contributed by atoms with Crippen LogP contribution in [0.1, 0.15) is 5.56 Å². The summed E-state index contributed by atoms with van der Waals surface area (Å²) in [6, 6.07) is 76.3. The minimum Gasteiger partial charge on any atom is -0.309 e. The molecular weight excluding hydrogens is 717 g/mol. The van der Waals surface area contributed by atoms with Crippen LogP contribution in [0.25, 0.3) is 105 Å². The van der Waals surface area contributed by atoms with Gasteiger partial charge in [0.25, 0.3) is 0 Å². The number of fused-ring (bicyclic) bond motifs is 9. The second kappa shape index (κ2) is 13.0. The van der Waals surface area contributed by atoms with Crippen molar-refractivity contribution < 1.29 is 0 Å². The smallest absolute Gasteiger partial charge is 0.0991 e. The summed E-state index contributed by atoms with van der Waals surface area (Å²) < 4.78 is 7.05. The van der Waals surface area contributed by atoms with Crippen molar-refractivity contribution in [3.8, 4) is 45.4 Å². The molecule has 3 aromatic heterocycles. The number of benzene rings is 9. The Kier molecular flexibility index (Phi) is 7.26. The van der Waals surface area contributed by atoms with Crippen molar-refractivity contribution in [2.75, 3.05) is 0 Å². The molecule has 0 atom stereocenters. The number of hydrogen-bond acceptors (Lipinski definition) is 1. The van der Waals surface area contributed by atoms with Gasteiger partial charge in [-0.25, -0.2) is 0 Å². The zero-order chi connectivity index (χ0) is 39.0. The molecule has 0 saturated heterocycles. The van der Waals surface area contributed by atoms with Crippen LogP contribution in [-0.2, 0) is 0 Å². The van der Waals surface area contributed by atoms with Crippen LogP contribution >= 0.6 is 0 Å². The minimum absolute atomic E-state index is 0.645. The molecule has 0 unspecified atom stereocenters. The van der Waals surface area contributed by atoms with Gasteiger partial charge in [0.2, 0.25) is 0 Å². The molecule has 0 aliphatic carbocycles. The summed E-state index contributed by atoms with van der Waals surface area (Å²) in [4.78, 5) is 0. The van der Waals surface area contributed by atoms with Crippen molar-refractivity contribution in [3.05, 3.63) is 212 Å². The summed E-state index contributed by atoms with van der Waals surface area (Å²) in [6.45, 7) is 0. The highest BCUT2D eigenvalue weighted by atomic mass is 15.0. The highest BCUT2D eigenvalue weighted by molar-refractivity contribution is 6.14. The van der Waals surface area contributed by atoms with Gasteiger partial charge in [-0.1, -0.05) is 97.1 Å². The number of nitriles is 1. The molecule has 4 nitrogen and oxygen atoms in total. The molecule has 12 aromatic rings. The Morgan fingerprint density at radius 1 is 0.271 bits per heavy atom. The van der Waals surface area contributed by atoms with E-state index in [-0.39, 0.29) is 0 Å². The van der Waals surface area contributed by atoms with Crippen molar-refractivity contribution in [2.24, 2.45) is 0 Å². The first kappa shape index (κ1) is 33.1. The van der Waals surface area contributed by atoms with Gasteiger partial charge >= 0.3 is 0 Å². The lowest BCUT2D eigenvalue weighted by atomic mass is 9.98. The highest BCUT2D eigenvalue weighted by Crippen LogP contribution is 2.41. The van der Waals surface area contributed by atoms with Gasteiger partial charge in [0, 0.05) is 49.4 Å². The number of hydrogen-bond donors (Lipinski definition) is 0. The van der Waals surface area contributed by atoms with Crippen molar-refractivity contribution in [3.63, 3.8) is 0 Å². The van der Waals surface area contributed by atoms with Gasteiger partial charge in [-0.05, 0) is 131 Å². The van der Waals surface area contributed by atoms with Crippen LogP contribution in [0.4, 0.5) is 0 Å². The fraction of sp³-hybridized carbons (Fsp3) is 0. The van der Waals surface area contributed by atoms with Gasteiger partial charge in [-0.2, -0.15) is 5.26 Å². The third kappa shape index (κ3) is 5.09. The van der Waals surface area contributed by atoms with E-state index in [1.54, 1.807) is 0 Å². The Morgan fingerprint density at radius 2 is 0.576 bits per heavy atom. The maximum absolute atomic E-state index is 9.59. The minimum atomic E-state index is 0.645. The first-order valence-corrected chi connectivity index (χ1v) is 20.0. The van der Waals surface area contributed by atoms with Gasteiger partial charge in [0.1, 0.15) is 0 Å². The van der Waals surface area contributed by atoms with Gasteiger partial charge in [0.05, 0.1) is 44.7 Å². The largest absolute Gasteiger partial charge is 0.309 e. The lowest BCUT2D eigenvalue weighted by Gasteiger charge is -2.10. The van der Waals surface area contributed by atoms with Gasteiger partial charge in [-0.3, -0.25) is 0 Å². The van der Waals surface area contributed by atoms with Crippen LogP contribution in [0.15, 0.2) is 206 Å². The molecule has 274 valence electrons. The molecule has 9 aromatic carbocycles. The first-order valence-electron chi connectivity index (χ1n) is 20.0. The Balaban J connectivity index is 1.06. The normalized spacial score (nSPS) is 11.7. The molecule has 12 rings (SSSR count). The van der Waals surface area contributed by atoms with Crippen LogP contribution < -0.4 is 0 Å². The summed E-state index contributed by atoms with van der Waals surface area (Å²) in [5, 5.41) is 16.9. The fourth-order valence-electron chi connectivity index (χ4n) is 9.36. The van der Waals surface area contributed by atoms with Crippen molar-refractivity contribution in [1.82, 2.24) is 13.7 Å². The van der Waals surface area contributed by atoms with E-state index in [0.29, 0.717) is 5.56 Å². The molecule has 0 N–H and O–H groups in total. The average Bonchev–Trinajstić information content (AvgIpc) is 3.94. The number of rotatable bonds is 5. The standard InChI is InChI=1S/C55H34N4/c56-35-36-19-25-43(26-20-36)59-54-29-23-39(37-21-27-52-46(31-37)44-15-7-9-17-50(44)57(52)41-11-3-1-4-12-41)33-48(54)49-34-40(24-30-55(49)59)38-22-28-53-47(32-38)45-16-8-10-18-51(45)58(53)42-13-5-2-6-14-42/h1-34H. The highest BCUT2D eigenvalue weighted by Gasteiger charge is 2.18. The number of para-hydroxylation sites is 4. The van der Waals surface area contributed by atoms with Crippen LogP contribution in [0.2, 0.25) is 0 Å². The molecule has 3 heterocycles. The van der Waals surface area contributed by atoms with Crippen LogP contribution in [0.3, 0.4) is 0 Å². The number of aromatic nitrogens is 3. The molecule has 59 heavy (non-hydrogen) atoms. The molecule has 0 aliphatic rings. The second-order valence-electron chi connectivity index (χ2n) is 15.3. The van der Waals surface area contributed by atoms with E-state index in [9.17, 15) is 5.26 Å². The predicted octanol–water partition coefficient (Wildman–Crippen LogP) is 14.2. The van der Waals surface area contributed by atoms with E-state index in [2.05, 4.69) is 202 Å². The monoisotopic (exact) mass is 750 g/mol. The zero-order valence-corrected chi connectivity index (χ0v) is 31.9. The summed E-state index contributed by atoms with van der Waals surface area (Å²) in [5.74, 6) is 0. The molecule has 0 saturated carbocycles. The second-order valence-corrected chi connectivity index (χ2v) is 15.3. The maximum Gasteiger partial charge on any atom is 0.0991 e.